The molecule has 0 aromatic heterocycles. The van der Waals surface area contributed by atoms with Gasteiger partial charge in [-0.2, -0.15) is 0 Å². The van der Waals surface area contributed by atoms with Crippen molar-refractivity contribution < 1.29 is 14.4 Å². The summed E-state index contributed by atoms with van der Waals surface area (Å²) in [6.07, 6.45) is 0. The Bertz CT molecular complexity index is 839. The normalized spacial score (nSPS) is 17.8. The van der Waals surface area contributed by atoms with Gasteiger partial charge in [0.25, 0.3) is 5.91 Å². The number of carbonyl (C=O) groups is 3. The highest BCUT2D eigenvalue weighted by Crippen LogP contribution is 2.25. The van der Waals surface area contributed by atoms with E-state index in [0.29, 0.717) is 18.7 Å². The number of carbonyl (C=O) groups excluding carboxylic acids is 3. The summed E-state index contributed by atoms with van der Waals surface area (Å²) < 4.78 is 0.892. The molecule has 3 rings (SSSR count). The van der Waals surface area contributed by atoms with Gasteiger partial charge in [0.1, 0.15) is 12.1 Å². The fraction of sp³-hybridized carbons (Fsp3) is 0.250. The third kappa shape index (κ3) is 4.36. The van der Waals surface area contributed by atoms with Gasteiger partial charge < -0.3 is 15.5 Å². The third-order valence-electron chi connectivity index (χ3n) is 4.43. The largest absolute Gasteiger partial charge is 0.352 e. The molecule has 2 N–H and O–H groups in total. The molecule has 3 amide bonds. The number of nitrogens with zero attached hydrogens (tertiary/aromatic N) is 1. The monoisotopic (exact) mass is 429 g/mol. The zero-order chi connectivity index (χ0) is 19.4. The molecule has 2 atom stereocenters. The summed E-state index contributed by atoms with van der Waals surface area (Å²) >= 11 is 3.37. The smallest absolute Gasteiger partial charge is 0.251 e. The van der Waals surface area contributed by atoms with E-state index in [9.17, 15) is 14.4 Å². The van der Waals surface area contributed by atoms with Crippen LogP contribution in [-0.2, 0) is 9.59 Å². The molecule has 0 unspecified atom stereocenters. The van der Waals surface area contributed by atoms with Crippen molar-refractivity contribution in [2.24, 2.45) is 0 Å². The molecule has 7 heteroatoms. The first-order chi connectivity index (χ1) is 13.0. The predicted octanol–water partition coefficient (Wildman–Crippen LogP) is 2.27. The van der Waals surface area contributed by atoms with Crippen LogP contribution in [-0.4, -0.2) is 41.8 Å². The lowest BCUT2D eigenvalue weighted by molar-refractivity contribution is -0.144. The van der Waals surface area contributed by atoms with Crippen molar-refractivity contribution in [1.82, 2.24) is 15.5 Å². The van der Waals surface area contributed by atoms with E-state index >= 15 is 0 Å². The van der Waals surface area contributed by atoms with Crippen LogP contribution in [0.2, 0.25) is 0 Å². The Morgan fingerprint density at radius 2 is 1.81 bits per heavy atom. The van der Waals surface area contributed by atoms with Gasteiger partial charge >= 0.3 is 0 Å². The number of piperazine rings is 1. The minimum absolute atomic E-state index is 0.224. The zero-order valence-corrected chi connectivity index (χ0v) is 16.4. The van der Waals surface area contributed by atoms with Crippen LogP contribution in [0.3, 0.4) is 0 Å². The van der Waals surface area contributed by atoms with Gasteiger partial charge in [0, 0.05) is 23.1 Å². The molecular formula is C20H20BrN3O3. The average molecular weight is 430 g/mol. The Labute approximate surface area is 166 Å². The average Bonchev–Trinajstić information content (AvgIpc) is 2.68. The molecule has 140 valence electrons. The molecule has 2 aromatic carbocycles. The van der Waals surface area contributed by atoms with Crippen LogP contribution in [0.1, 0.15) is 28.9 Å². The van der Waals surface area contributed by atoms with E-state index in [0.717, 1.165) is 10.0 Å². The highest BCUT2D eigenvalue weighted by molar-refractivity contribution is 9.10. The van der Waals surface area contributed by atoms with Crippen LogP contribution in [0.4, 0.5) is 0 Å². The van der Waals surface area contributed by atoms with Crippen LogP contribution in [0.15, 0.2) is 59.1 Å². The maximum atomic E-state index is 13.0. The molecule has 1 saturated heterocycles. The quantitative estimate of drug-likeness (QED) is 0.782. The molecule has 1 fully saturated rings. The third-order valence-corrected chi connectivity index (χ3v) is 4.96. The Kier molecular flexibility index (Phi) is 5.91. The van der Waals surface area contributed by atoms with Crippen molar-refractivity contribution in [2.45, 2.75) is 19.0 Å². The van der Waals surface area contributed by atoms with Crippen LogP contribution in [0.25, 0.3) is 0 Å². The lowest BCUT2D eigenvalue weighted by Gasteiger charge is -2.36. The minimum Gasteiger partial charge on any atom is -0.352 e. The number of hydrogen-bond donors (Lipinski definition) is 2. The molecule has 0 saturated carbocycles. The van der Waals surface area contributed by atoms with Gasteiger partial charge in [-0.3, -0.25) is 14.4 Å². The first kappa shape index (κ1) is 19.1. The second kappa shape index (κ2) is 8.35. The van der Waals surface area contributed by atoms with E-state index in [2.05, 4.69) is 26.6 Å². The predicted molar refractivity (Wildman–Crippen MR) is 105 cm³/mol. The van der Waals surface area contributed by atoms with Crippen molar-refractivity contribution in [2.75, 3.05) is 13.1 Å². The summed E-state index contributed by atoms with van der Waals surface area (Å²) in [5, 5.41) is 5.52. The van der Waals surface area contributed by atoms with E-state index in [1.807, 2.05) is 30.3 Å². The van der Waals surface area contributed by atoms with Gasteiger partial charge in [-0.05, 0) is 36.8 Å². The van der Waals surface area contributed by atoms with Crippen molar-refractivity contribution in [3.63, 3.8) is 0 Å². The minimum atomic E-state index is -0.749. The maximum absolute atomic E-state index is 13.0. The Hall–Kier alpha value is -2.67. The summed E-state index contributed by atoms with van der Waals surface area (Å²) in [7, 11) is 0. The number of rotatable bonds is 4. The number of amides is 3. The molecule has 1 aliphatic rings. The van der Waals surface area contributed by atoms with Crippen LogP contribution in [0, 0.1) is 0 Å². The van der Waals surface area contributed by atoms with Gasteiger partial charge in [0.2, 0.25) is 11.8 Å². The van der Waals surface area contributed by atoms with Crippen molar-refractivity contribution >= 4 is 33.7 Å². The molecule has 2 aromatic rings. The van der Waals surface area contributed by atoms with Gasteiger partial charge in [-0.25, -0.2) is 0 Å². The number of benzene rings is 2. The summed E-state index contributed by atoms with van der Waals surface area (Å²) in [5.41, 5.74) is 1.21. The lowest BCUT2D eigenvalue weighted by atomic mass is 10.0. The topological polar surface area (TPSA) is 78.5 Å². The van der Waals surface area contributed by atoms with E-state index in [1.165, 1.54) is 4.90 Å². The number of hydrogen-bond acceptors (Lipinski definition) is 3. The highest BCUT2D eigenvalue weighted by atomic mass is 79.9. The fourth-order valence-corrected chi connectivity index (χ4v) is 3.32. The molecular weight excluding hydrogens is 410 g/mol. The summed E-state index contributed by atoms with van der Waals surface area (Å²) in [6.45, 7) is 2.40. The Morgan fingerprint density at radius 3 is 2.48 bits per heavy atom. The molecule has 1 heterocycles. The highest BCUT2D eigenvalue weighted by Gasteiger charge is 2.36. The maximum Gasteiger partial charge on any atom is 0.251 e. The van der Waals surface area contributed by atoms with Crippen LogP contribution < -0.4 is 10.6 Å². The first-order valence-corrected chi connectivity index (χ1v) is 9.46. The molecule has 0 bridgehead atoms. The van der Waals surface area contributed by atoms with E-state index in [1.54, 1.807) is 31.2 Å². The van der Waals surface area contributed by atoms with Gasteiger partial charge in [-0.15, -0.1) is 0 Å². The molecule has 6 nitrogen and oxygen atoms in total. The summed E-state index contributed by atoms with van der Waals surface area (Å²) in [5.74, 6) is -0.835. The van der Waals surface area contributed by atoms with Crippen LogP contribution in [0.5, 0.6) is 0 Å². The van der Waals surface area contributed by atoms with Gasteiger partial charge in [-0.1, -0.05) is 46.3 Å². The molecule has 1 aliphatic heterocycles. The van der Waals surface area contributed by atoms with E-state index in [-0.39, 0.29) is 17.7 Å². The summed E-state index contributed by atoms with van der Waals surface area (Å²) in [4.78, 5) is 39.3. The molecule has 0 radical (unpaired) electrons. The van der Waals surface area contributed by atoms with Crippen LogP contribution >= 0.6 is 15.9 Å². The molecule has 27 heavy (non-hydrogen) atoms. The number of nitrogens with one attached hydrogen (secondary N) is 2. The Balaban J connectivity index is 1.77. The fourth-order valence-electron chi connectivity index (χ4n) is 3.06. The SMILES string of the molecule is C[C@H](NC(=O)c1ccccc1)C(=O)N1CCNC(=O)[C@@H]1c1ccc(Br)cc1. The number of halogens is 1. The van der Waals surface area contributed by atoms with Gasteiger partial charge in [0.15, 0.2) is 0 Å². The standard InChI is InChI=1S/C20H20BrN3O3/c1-13(23-18(25)15-5-3-2-4-6-15)20(27)24-12-11-22-19(26)17(24)14-7-9-16(21)10-8-14/h2-10,13,17H,11-12H2,1H3,(H,22,26)(H,23,25)/t13-,17-/m0/s1. The molecule has 0 spiro atoms. The van der Waals surface area contributed by atoms with Crippen molar-refractivity contribution in [1.29, 1.82) is 0 Å². The second-order valence-corrected chi connectivity index (χ2v) is 7.25. The Morgan fingerprint density at radius 1 is 1.15 bits per heavy atom. The van der Waals surface area contributed by atoms with Crippen molar-refractivity contribution in [3.05, 3.63) is 70.2 Å². The first-order valence-electron chi connectivity index (χ1n) is 8.67. The zero-order valence-electron chi connectivity index (χ0n) is 14.8. The lowest BCUT2D eigenvalue weighted by Crippen LogP contribution is -2.56. The second-order valence-electron chi connectivity index (χ2n) is 6.34. The van der Waals surface area contributed by atoms with E-state index in [4.69, 9.17) is 0 Å². The summed E-state index contributed by atoms with van der Waals surface area (Å²) in [6, 6.07) is 14.6. The molecule has 0 aliphatic carbocycles. The van der Waals surface area contributed by atoms with Gasteiger partial charge in [0.05, 0.1) is 0 Å². The van der Waals surface area contributed by atoms with E-state index < -0.39 is 12.1 Å². The van der Waals surface area contributed by atoms with Crippen molar-refractivity contribution in [3.8, 4) is 0 Å².